The summed E-state index contributed by atoms with van der Waals surface area (Å²) in [5, 5.41) is 9.35. The normalized spacial score (nSPS) is 20.0. The number of fused-ring (bicyclic) bond motifs is 9. The van der Waals surface area contributed by atoms with E-state index in [0.29, 0.717) is 13.1 Å². The number of hydrogen-bond donors (Lipinski definition) is 1. The standard InChI is InChI=1S/C16H26N4O6/c1-16(2,3)26-15(25)20-10-7-18-5-4-17(12(21)13(18)22)6-8-19(9-11-20)14(23)24/h4-11H2,1-3H3,(H,23,24). The van der Waals surface area contributed by atoms with Crippen LogP contribution >= 0.6 is 0 Å². The molecular formula is C16H26N4O6. The average Bonchev–Trinajstić information content (AvgIpc) is 2.51. The van der Waals surface area contributed by atoms with Crippen LogP contribution in [0, 0.1) is 0 Å². The Morgan fingerprint density at radius 1 is 0.808 bits per heavy atom. The zero-order chi connectivity index (χ0) is 19.5. The molecule has 0 aliphatic carbocycles. The van der Waals surface area contributed by atoms with Crippen molar-refractivity contribution < 1.29 is 29.0 Å². The molecule has 3 heterocycles. The lowest BCUT2D eigenvalue weighted by Crippen LogP contribution is -2.58. The first-order chi connectivity index (χ1) is 12.1. The molecule has 0 spiro atoms. The molecule has 3 rings (SSSR count). The van der Waals surface area contributed by atoms with Crippen LogP contribution in [0.2, 0.25) is 0 Å². The highest BCUT2D eigenvalue weighted by molar-refractivity contribution is 6.35. The van der Waals surface area contributed by atoms with Gasteiger partial charge in [0, 0.05) is 52.4 Å². The number of carboxylic acid groups (broad SMARTS) is 1. The van der Waals surface area contributed by atoms with E-state index in [1.54, 1.807) is 20.8 Å². The minimum Gasteiger partial charge on any atom is -0.465 e. The van der Waals surface area contributed by atoms with Crippen molar-refractivity contribution in [2.45, 2.75) is 26.4 Å². The highest BCUT2D eigenvalue weighted by atomic mass is 16.6. The molecule has 26 heavy (non-hydrogen) atoms. The summed E-state index contributed by atoms with van der Waals surface area (Å²) in [6.07, 6.45) is -1.71. The molecule has 0 aromatic rings. The smallest absolute Gasteiger partial charge is 0.410 e. The van der Waals surface area contributed by atoms with Crippen LogP contribution in [0.3, 0.4) is 0 Å². The highest BCUT2D eigenvalue weighted by Gasteiger charge is 2.34. The first-order valence-electron chi connectivity index (χ1n) is 8.62. The van der Waals surface area contributed by atoms with Gasteiger partial charge < -0.3 is 29.4 Å². The van der Waals surface area contributed by atoms with Crippen molar-refractivity contribution in [2.75, 3.05) is 52.4 Å². The first kappa shape index (κ1) is 19.8. The quantitative estimate of drug-likeness (QED) is 0.596. The lowest BCUT2D eigenvalue weighted by Gasteiger charge is -2.37. The number of piperazine rings is 1. The van der Waals surface area contributed by atoms with E-state index in [4.69, 9.17) is 4.74 Å². The summed E-state index contributed by atoms with van der Waals surface area (Å²) >= 11 is 0. The van der Waals surface area contributed by atoms with Crippen molar-refractivity contribution >= 4 is 24.0 Å². The molecule has 10 heteroatoms. The molecule has 0 atom stereocenters. The van der Waals surface area contributed by atoms with Gasteiger partial charge in [0.05, 0.1) is 0 Å². The third-order valence-electron chi connectivity index (χ3n) is 4.24. The van der Waals surface area contributed by atoms with Gasteiger partial charge in [-0.25, -0.2) is 9.59 Å². The van der Waals surface area contributed by atoms with Crippen LogP contribution in [0.15, 0.2) is 0 Å². The second-order valence-electron chi connectivity index (χ2n) is 7.32. The summed E-state index contributed by atoms with van der Waals surface area (Å²) in [5.41, 5.74) is -0.690. The van der Waals surface area contributed by atoms with Crippen LogP contribution in [-0.2, 0) is 14.3 Å². The van der Waals surface area contributed by atoms with E-state index in [1.165, 1.54) is 14.7 Å². The monoisotopic (exact) mass is 370 g/mol. The largest absolute Gasteiger partial charge is 0.465 e. The van der Waals surface area contributed by atoms with E-state index >= 15 is 0 Å². The van der Waals surface area contributed by atoms with Crippen LogP contribution in [-0.4, -0.2) is 107 Å². The maximum absolute atomic E-state index is 12.4. The van der Waals surface area contributed by atoms with Crippen LogP contribution in [0.25, 0.3) is 0 Å². The van der Waals surface area contributed by atoms with Gasteiger partial charge in [-0.15, -0.1) is 0 Å². The lowest BCUT2D eigenvalue weighted by atomic mass is 10.2. The SMILES string of the molecule is CC(C)(C)OC(=O)N1CCN(C(=O)O)CCN2CCN(CC1)C(=O)C2=O. The minimum atomic E-state index is -1.14. The maximum atomic E-state index is 12.4. The molecule has 0 saturated carbocycles. The highest BCUT2D eigenvalue weighted by Crippen LogP contribution is 2.12. The predicted octanol–water partition coefficient (Wildman–Crippen LogP) is -0.112. The molecule has 3 aliphatic rings. The fourth-order valence-electron chi connectivity index (χ4n) is 2.79. The van der Waals surface area contributed by atoms with E-state index in [-0.39, 0.29) is 39.3 Å². The third kappa shape index (κ3) is 4.99. The Hall–Kier alpha value is -2.52. The van der Waals surface area contributed by atoms with Gasteiger partial charge in [-0.3, -0.25) is 9.59 Å². The average molecular weight is 370 g/mol. The molecule has 0 aromatic heterocycles. The van der Waals surface area contributed by atoms with Gasteiger partial charge in [0.15, 0.2) is 0 Å². The van der Waals surface area contributed by atoms with Crippen molar-refractivity contribution in [2.24, 2.45) is 0 Å². The van der Waals surface area contributed by atoms with Crippen LogP contribution in [0.4, 0.5) is 9.59 Å². The van der Waals surface area contributed by atoms with Gasteiger partial charge >= 0.3 is 24.0 Å². The molecule has 1 N–H and O–H groups in total. The van der Waals surface area contributed by atoms with E-state index in [9.17, 15) is 24.3 Å². The summed E-state index contributed by atoms with van der Waals surface area (Å²) in [6.45, 7) is 6.79. The Labute approximate surface area is 152 Å². The van der Waals surface area contributed by atoms with Gasteiger partial charge in [0.2, 0.25) is 0 Å². The zero-order valence-corrected chi connectivity index (χ0v) is 15.4. The van der Waals surface area contributed by atoms with Crippen molar-refractivity contribution in [3.8, 4) is 0 Å². The number of rotatable bonds is 0. The van der Waals surface area contributed by atoms with Crippen LogP contribution in [0.5, 0.6) is 0 Å². The van der Waals surface area contributed by atoms with Crippen molar-refractivity contribution in [3.05, 3.63) is 0 Å². The van der Waals surface area contributed by atoms with Gasteiger partial charge in [-0.05, 0) is 20.8 Å². The molecular weight excluding hydrogens is 344 g/mol. The number of ether oxygens (including phenoxy) is 1. The molecule has 3 fully saturated rings. The second kappa shape index (κ2) is 7.79. The molecule has 0 radical (unpaired) electrons. The summed E-state index contributed by atoms with van der Waals surface area (Å²) in [4.78, 5) is 53.6. The van der Waals surface area contributed by atoms with Crippen molar-refractivity contribution in [3.63, 3.8) is 0 Å². The molecule has 3 aliphatic heterocycles. The van der Waals surface area contributed by atoms with Crippen LogP contribution < -0.4 is 0 Å². The Morgan fingerprint density at radius 3 is 1.65 bits per heavy atom. The molecule has 10 nitrogen and oxygen atoms in total. The lowest BCUT2D eigenvalue weighted by molar-refractivity contribution is -0.156. The number of hydrogen-bond acceptors (Lipinski definition) is 5. The van der Waals surface area contributed by atoms with E-state index in [2.05, 4.69) is 0 Å². The summed E-state index contributed by atoms with van der Waals surface area (Å²) in [5.74, 6) is -1.26. The van der Waals surface area contributed by atoms with Crippen LogP contribution in [0.1, 0.15) is 20.8 Å². The molecule has 3 saturated heterocycles. The van der Waals surface area contributed by atoms with Gasteiger partial charge in [-0.2, -0.15) is 0 Å². The summed E-state index contributed by atoms with van der Waals surface area (Å²) in [6, 6.07) is 0. The first-order valence-corrected chi connectivity index (χ1v) is 8.62. The zero-order valence-electron chi connectivity index (χ0n) is 15.4. The predicted molar refractivity (Wildman–Crippen MR) is 90.6 cm³/mol. The fraction of sp³-hybridized carbons (Fsp3) is 0.750. The summed E-state index contributed by atoms with van der Waals surface area (Å²) in [7, 11) is 0. The van der Waals surface area contributed by atoms with E-state index in [1.807, 2.05) is 0 Å². The minimum absolute atomic E-state index is 0.0799. The van der Waals surface area contributed by atoms with Crippen molar-refractivity contribution in [1.29, 1.82) is 0 Å². The number of carbonyl (C=O) groups excluding carboxylic acids is 3. The number of nitrogens with zero attached hydrogens (tertiary/aromatic N) is 4. The summed E-state index contributed by atoms with van der Waals surface area (Å²) < 4.78 is 5.37. The van der Waals surface area contributed by atoms with E-state index in [0.717, 1.165) is 4.90 Å². The Morgan fingerprint density at radius 2 is 1.19 bits per heavy atom. The number of carbonyl (C=O) groups is 4. The molecule has 2 bridgehead atoms. The fourth-order valence-corrected chi connectivity index (χ4v) is 2.79. The molecule has 4 amide bonds. The van der Waals surface area contributed by atoms with Gasteiger partial charge in [-0.1, -0.05) is 0 Å². The third-order valence-corrected chi connectivity index (χ3v) is 4.24. The van der Waals surface area contributed by atoms with Crippen molar-refractivity contribution in [1.82, 2.24) is 19.6 Å². The van der Waals surface area contributed by atoms with Gasteiger partial charge in [0.25, 0.3) is 0 Å². The molecule has 0 unspecified atom stereocenters. The second-order valence-corrected chi connectivity index (χ2v) is 7.32. The maximum Gasteiger partial charge on any atom is 0.410 e. The number of amides is 4. The van der Waals surface area contributed by atoms with Gasteiger partial charge in [0.1, 0.15) is 5.60 Å². The Bertz CT molecular complexity index is 588. The Balaban J connectivity index is 2.18. The van der Waals surface area contributed by atoms with E-state index < -0.39 is 29.6 Å². The topological polar surface area (TPSA) is 111 Å². The molecule has 0 aromatic carbocycles. The molecule has 146 valence electrons. The Kier molecular flexibility index (Phi) is 5.94.